The van der Waals surface area contributed by atoms with E-state index in [4.69, 9.17) is 0 Å². The number of β-lactam (4-membered cyclic amide) rings is 1. The summed E-state index contributed by atoms with van der Waals surface area (Å²) in [4.78, 5) is 68.6. The van der Waals surface area contributed by atoms with Crippen LogP contribution in [0.1, 0.15) is 35.9 Å². The van der Waals surface area contributed by atoms with E-state index in [1.54, 1.807) is 13.8 Å². The first kappa shape index (κ1) is 25.2. The van der Waals surface area contributed by atoms with Gasteiger partial charge in [-0.05, 0) is 31.5 Å². The van der Waals surface area contributed by atoms with E-state index in [9.17, 15) is 34.2 Å². The predicted molar refractivity (Wildman–Crippen MR) is 130 cm³/mol. The molecule has 16 heteroatoms. The number of aryl methyl sites for hydroxylation is 1. The van der Waals surface area contributed by atoms with Crippen molar-refractivity contribution < 1.29 is 29.4 Å². The van der Waals surface area contributed by atoms with Crippen molar-refractivity contribution in [3.8, 4) is 5.75 Å². The topological polar surface area (TPSA) is 201 Å². The van der Waals surface area contributed by atoms with Crippen molar-refractivity contribution in [1.82, 2.24) is 39.9 Å². The van der Waals surface area contributed by atoms with E-state index in [1.807, 2.05) is 0 Å². The number of aromatic nitrogens is 5. The van der Waals surface area contributed by atoms with E-state index in [-0.39, 0.29) is 22.7 Å². The van der Waals surface area contributed by atoms with Crippen LogP contribution in [0, 0.1) is 0 Å². The zero-order valence-corrected chi connectivity index (χ0v) is 21.0. The maximum absolute atomic E-state index is 13.4. The molecule has 5 rings (SSSR count). The Morgan fingerprint density at radius 2 is 1.84 bits per heavy atom. The highest BCUT2D eigenvalue weighted by Crippen LogP contribution is 2.50. The molecule has 0 saturated carbocycles. The number of rotatable bonds is 6. The molecule has 1 aromatic carbocycles. The fourth-order valence-electron chi connectivity index (χ4n) is 4.59. The van der Waals surface area contributed by atoms with Gasteiger partial charge in [0.15, 0.2) is 11.3 Å². The summed E-state index contributed by atoms with van der Waals surface area (Å²) >= 11 is 1.26. The second-order valence-electron chi connectivity index (χ2n) is 9.36. The van der Waals surface area contributed by atoms with Gasteiger partial charge in [0.25, 0.3) is 5.91 Å². The second kappa shape index (κ2) is 8.83. The van der Waals surface area contributed by atoms with Gasteiger partial charge in [-0.25, -0.2) is 19.0 Å². The summed E-state index contributed by atoms with van der Waals surface area (Å²) in [7, 11) is 1.38. The molecule has 2 aliphatic heterocycles. The molecule has 2 aromatic heterocycles. The minimum atomic E-state index is -1.34. The number of thioether (sulfide) groups is 1. The van der Waals surface area contributed by atoms with Crippen LogP contribution in [-0.4, -0.2) is 85.4 Å². The third-order valence-electron chi connectivity index (χ3n) is 6.45. The number of imidazole rings is 1. The monoisotopic (exact) mass is 542 g/mol. The van der Waals surface area contributed by atoms with Crippen molar-refractivity contribution in [2.45, 2.75) is 42.1 Å². The van der Waals surface area contributed by atoms with Crippen molar-refractivity contribution in [1.29, 1.82) is 0 Å². The van der Waals surface area contributed by atoms with Gasteiger partial charge in [0, 0.05) is 11.8 Å². The number of carboxylic acid groups (broad SMARTS) is 1. The van der Waals surface area contributed by atoms with E-state index in [0.29, 0.717) is 0 Å². The number of nitrogens with zero attached hydrogens (tertiary/aromatic N) is 6. The third kappa shape index (κ3) is 3.93. The van der Waals surface area contributed by atoms with Crippen LogP contribution in [0.3, 0.4) is 0 Å². The molecule has 4 heterocycles. The average molecular weight is 543 g/mol. The molecule has 2 saturated heterocycles. The number of aromatic hydroxyl groups is 1. The molecule has 4 N–H and O–H groups in total. The normalized spacial score (nSPS) is 22.4. The quantitative estimate of drug-likeness (QED) is 0.268. The molecule has 2 aliphatic rings. The maximum atomic E-state index is 13.4. The van der Waals surface area contributed by atoms with Crippen LogP contribution in [0.15, 0.2) is 35.4 Å². The molecule has 3 aromatic rings. The summed E-state index contributed by atoms with van der Waals surface area (Å²) in [6.07, 6.45) is 1.11. The van der Waals surface area contributed by atoms with E-state index < -0.39 is 57.6 Å². The van der Waals surface area contributed by atoms with Crippen LogP contribution in [0.2, 0.25) is 0 Å². The lowest BCUT2D eigenvalue weighted by atomic mass is 9.95. The number of carbonyl (C=O) groups excluding carboxylic acids is 3. The Kier molecular flexibility index (Phi) is 5.85. The Bertz CT molecular complexity index is 1550. The summed E-state index contributed by atoms with van der Waals surface area (Å²) in [5.41, 5.74) is -0.677. The highest BCUT2D eigenvalue weighted by atomic mass is 32.2. The fourth-order valence-corrected chi connectivity index (χ4v) is 6.22. The molecule has 0 unspecified atom stereocenters. The zero-order valence-electron chi connectivity index (χ0n) is 20.2. The molecule has 15 nitrogen and oxygen atoms in total. The van der Waals surface area contributed by atoms with Crippen LogP contribution < -0.4 is 16.3 Å². The largest absolute Gasteiger partial charge is 0.508 e. The molecule has 0 spiro atoms. The molecule has 3 amide bonds. The Morgan fingerprint density at radius 3 is 2.50 bits per heavy atom. The van der Waals surface area contributed by atoms with E-state index >= 15 is 0 Å². The van der Waals surface area contributed by atoms with Gasteiger partial charge in [0.05, 0.1) is 0 Å². The van der Waals surface area contributed by atoms with E-state index in [1.165, 1.54) is 48.0 Å². The fraction of sp³-hybridized carbons (Fsp3) is 0.364. The summed E-state index contributed by atoms with van der Waals surface area (Å²) < 4.78 is 1.20. The van der Waals surface area contributed by atoms with E-state index in [0.717, 1.165) is 15.4 Å². The van der Waals surface area contributed by atoms with Gasteiger partial charge in [-0.3, -0.25) is 14.4 Å². The van der Waals surface area contributed by atoms with E-state index in [2.05, 4.69) is 25.9 Å². The number of fused-ring (bicyclic) bond motifs is 2. The van der Waals surface area contributed by atoms with Crippen molar-refractivity contribution in [2.75, 3.05) is 0 Å². The number of phenols is 1. The smallest absolute Gasteiger partial charge is 0.352 e. The zero-order chi connectivity index (χ0) is 27.5. The van der Waals surface area contributed by atoms with Crippen molar-refractivity contribution >= 4 is 41.1 Å². The van der Waals surface area contributed by atoms with Gasteiger partial charge in [0.1, 0.15) is 35.6 Å². The Labute approximate surface area is 217 Å². The summed E-state index contributed by atoms with van der Waals surface area (Å²) in [6, 6.07) is 2.10. The molecule has 2 fully saturated rings. The standard InChI is InChI=1S/C22H22N8O7S/c1-22(2)14(20(35)36)30-18(34)13(19(30)38-22)25-16(32)11(9-4-6-10(31)7-5-9)24-17(33)12-15-26-27-28(3)21(37)29(15)8-23-12/h4-8,11,13-14,19,31H,1-3H3,(H,24,33)(H,25,32)(H,35,36)/t11-,13+,14-,19+/m0/s1. The molecule has 0 radical (unpaired) electrons. The number of hydrogen-bond donors (Lipinski definition) is 4. The minimum absolute atomic E-state index is 0.0699. The van der Waals surface area contributed by atoms with Gasteiger partial charge >= 0.3 is 11.7 Å². The number of phenolic OH excluding ortho intramolecular Hbond substituents is 1. The van der Waals surface area contributed by atoms with Crippen molar-refractivity contribution in [3.63, 3.8) is 0 Å². The highest BCUT2D eigenvalue weighted by molar-refractivity contribution is 8.01. The van der Waals surface area contributed by atoms with Crippen LogP contribution in [0.4, 0.5) is 0 Å². The Balaban J connectivity index is 1.41. The van der Waals surface area contributed by atoms with Gasteiger partial charge in [-0.1, -0.05) is 17.3 Å². The molecule has 0 bridgehead atoms. The first-order valence-corrected chi connectivity index (χ1v) is 12.2. The lowest BCUT2D eigenvalue weighted by Gasteiger charge is -2.44. The Hall–Kier alpha value is -4.47. The van der Waals surface area contributed by atoms with Crippen LogP contribution in [-0.2, 0) is 21.4 Å². The van der Waals surface area contributed by atoms with Crippen LogP contribution in [0.25, 0.3) is 5.65 Å². The molecular formula is C22H22N8O7S. The molecule has 4 atom stereocenters. The summed E-state index contributed by atoms with van der Waals surface area (Å²) in [5, 5.41) is 31.3. The molecule has 0 aliphatic carbocycles. The average Bonchev–Trinajstić information content (AvgIpc) is 3.41. The molecule has 38 heavy (non-hydrogen) atoms. The van der Waals surface area contributed by atoms with Crippen molar-refractivity contribution in [2.24, 2.45) is 7.05 Å². The lowest BCUT2D eigenvalue weighted by molar-refractivity contribution is -0.161. The maximum Gasteiger partial charge on any atom is 0.352 e. The third-order valence-corrected chi connectivity index (χ3v) is 8.02. The number of carboxylic acids is 1. The number of aliphatic carboxylic acids is 1. The number of nitrogens with one attached hydrogen (secondary N) is 2. The molecular weight excluding hydrogens is 520 g/mol. The van der Waals surface area contributed by atoms with Crippen molar-refractivity contribution in [3.05, 3.63) is 52.3 Å². The predicted octanol–water partition coefficient (Wildman–Crippen LogP) is -1.37. The first-order valence-electron chi connectivity index (χ1n) is 11.3. The van der Waals surface area contributed by atoms with Crippen LogP contribution >= 0.6 is 11.8 Å². The van der Waals surface area contributed by atoms with Gasteiger partial charge in [-0.2, -0.15) is 4.68 Å². The number of amides is 3. The summed E-state index contributed by atoms with van der Waals surface area (Å²) in [6.45, 7) is 3.43. The summed E-state index contributed by atoms with van der Waals surface area (Å²) in [5.74, 6) is -3.34. The second-order valence-corrected chi connectivity index (χ2v) is 11.1. The minimum Gasteiger partial charge on any atom is -0.508 e. The van der Waals surface area contributed by atoms with Gasteiger partial charge < -0.3 is 25.7 Å². The number of carbonyl (C=O) groups is 4. The van der Waals surface area contributed by atoms with Gasteiger partial charge in [-0.15, -0.1) is 16.9 Å². The first-order chi connectivity index (χ1) is 17.9. The number of benzene rings is 1. The van der Waals surface area contributed by atoms with Gasteiger partial charge in [0.2, 0.25) is 11.8 Å². The molecule has 198 valence electrons. The van der Waals surface area contributed by atoms with Crippen LogP contribution in [0.5, 0.6) is 5.75 Å². The SMILES string of the molecule is Cn1nnc2c(C(=O)N[C@H](C(=O)N[C@@H]3C(=O)N4[C@@H]3SC(C)(C)[C@@H]4C(=O)O)c3ccc(O)cc3)ncn2c1=O. The highest BCUT2D eigenvalue weighted by Gasteiger charge is 2.64. The number of hydrogen-bond acceptors (Lipinski definition) is 10. The lowest BCUT2D eigenvalue weighted by Crippen LogP contribution is -2.71. The Morgan fingerprint density at radius 1 is 1.16 bits per heavy atom.